The van der Waals surface area contributed by atoms with Crippen LogP contribution in [0.2, 0.25) is 0 Å². The van der Waals surface area contributed by atoms with Crippen molar-refractivity contribution in [1.29, 1.82) is 0 Å². The number of aromatic nitrogens is 3. The highest BCUT2D eigenvalue weighted by molar-refractivity contribution is 7.99. The molecule has 0 aliphatic carbocycles. The maximum atomic E-state index is 5.70. The molecule has 0 aliphatic rings. The molecule has 3 aromatic rings. The minimum atomic E-state index is 0.780. The summed E-state index contributed by atoms with van der Waals surface area (Å²) in [5.41, 5.74) is 7.52. The van der Waals surface area contributed by atoms with Gasteiger partial charge in [0.25, 0.3) is 0 Å². The molecular formula is C14H14N4S. The molecule has 96 valence electrons. The minimum Gasteiger partial charge on any atom is -0.399 e. The molecule has 4 nitrogen and oxygen atoms in total. The van der Waals surface area contributed by atoms with Crippen LogP contribution in [0.4, 0.5) is 5.69 Å². The van der Waals surface area contributed by atoms with E-state index in [1.165, 1.54) is 0 Å². The Morgan fingerprint density at radius 1 is 1.21 bits per heavy atom. The molecular weight excluding hydrogens is 256 g/mol. The zero-order valence-electron chi connectivity index (χ0n) is 10.5. The van der Waals surface area contributed by atoms with Crippen LogP contribution in [0, 0.1) is 6.92 Å². The van der Waals surface area contributed by atoms with Crippen LogP contribution in [0.15, 0.2) is 58.6 Å². The van der Waals surface area contributed by atoms with Crippen LogP contribution in [0.25, 0.3) is 5.82 Å². The summed E-state index contributed by atoms with van der Waals surface area (Å²) >= 11 is 1.69. The van der Waals surface area contributed by atoms with Crippen LogP contribution in [0.5, 0.6) is 0 Å². The summed E-state index contributed by atoms with van der Waals surface area (Å²) < 4.78 is 2.06. The number of nitrogens with two attached hydrogens (primary N) is 1. The molecule has 0 bridgehead atoms. The van der Waals surface area contributed by atoms with Crippen LogP contribution in [0.1, 0.15) is 5.69 Å². The fourth-order valence-corrected chi connectivity index (χ4v) is 2.73. The predicted octanol–water partition coefficient (Wildman–Crippen LogP) is 3.24. The van der Waals surface area contributed by atoms with Crippen LogP contribution in [-0.2, 0) is 0 Å². The largest absolute Gasteiger partial charge is 0.399 e. The van der Waals surface area contributed by atoms with E-state index in [-0.39, 0.29) is 0 Å². The molecule has 2 heterocycles. The Labute approximate surface area is 115 Å². The van der Waals surface area contributed by atoms with E-state index in [0.29, 0.717) is 0 Å². The van der Waals surface area contributed by atoms with Gasteiger partial charge in [0.2, 0.25) is 0 Å². The van der Waals surface area contributed by atoms with Crippen molar-refractivity contribution in [2.24, 2.45) is 0 Å². The number of rotatable bonds is 3. The Bertz CT molecular complexity index is 682. The van der Waals surface area contributed by atoms with Gasteiger partial charge in [-0.1, -0.05) is 11.8 Å². The molecule has 1 aromatic carbocycles. The van der Waals surface area contributed by atoms with E-state index < -0.39 is 0 Å². The van der Waals surface area contributed by atoms with E-state index in [1.807, 2.05) is 49.5 Å². The number of hydrogen-bond acceptors (Lipinski definition) is 3. The molecule has 19 heavy (non-hydrogen) atoms. The molecule has 3 rings (SSSR count). The molecule has 5 heteroatoms. The van der Waals surface area contributed by atoms with Crippen molar-refractivity contribution in [3.63, 3.8) is 0 Å². The average molecular weight is 270 g/mol. The second kappa shape index (κ2) is 4.85. The third-order valence-electron chi connectivity index (χ3n) is 2.75. The summed E-state index contributed by atoms with van der Waals surface area (Å²) in [6.07, 6.45) is 2.01. The lowest BCUT2D eigenvalue weighted by Gasteiger charge is -2.05. The Morgan fingerprint density at radius 3 is 2.68 bits per heavy atom. The van der Waals surface area contributed by atoms with Gasteiger partial charge in [0.15, 0.2) is 5.82 Å². The monoisotopic (exact) mass is 270 g/mol. The predicted molar refractivity (Wildman–Crippen MR) is 77.6 cm³/mol. The number of H-pyrrole nitrogens is 1. The van der Waals surface area contributed by atoms with Gasteiger partial charge in [0, 0.05) is 28.5 Å². The van der Waals surface area contributed by atoms with E-state index in [1.54, 1.807) is 11.8 Å². The number of nitrogens with zero attached hydrogens (tertiary/aromatic N) is 2. The Hall–Kier alpha value is -2.14. The van der Waals surface area contributed by atoms with Crippen molar-refractivity contribution in [2.75, 3.05) is 5.73 Å². The Morgan fingerprint density at radius 2 is 2.00 bits per heavy atom. The zero-order valence-corrected chi connectivity index (χ0v) is 11.3. The van der Waals surface area contributed by atoms with E-state index in [4.69, 9.17) is 5.73 Å². The zero-order chi connectivity index (χ0) is 13.2. The molecule has 0 fully saturated rings. The Kier molecular flexibility index (Phi) is 3.05. The van der Waals surface area contributed by atoms with Gasteiger partial charge >= 0.3 is 0 Å². The van der Waals surface area contributed by atoms with E-state index >= 15 is 0 Å². The summed E-state index contributed by atoms with van der Waals surface area (Å²) in [5, 5.41) is 8.36. The smallest absolute Gasteiger partial charge is 0.159 e. The lowest BCUT2D eigenvalue weighted by molar-refractivity contribution is 0.889. The number of aryl methyl sites for hydroxylation is 1. The van der Waals surface area contributed by atoms with Gasteiger partial charge in [0.05, 0.1) is 5.03 Å². The van der Waals surface area contributed by atoms with Gasteiger partial charge in [-0.3, -0.25) is 9.67 Å². The first kappa shape index (κ1) is 11.9. The summed E-state index contributed by atoms with van der Waals surface area (Å²) in [4.78, 5) is 1.15. The van der Waals surface area contributed by atoms with Crippen molar-refractivity contribution < 1.29 is 0 Å². The molecule has 0 radical (unpaired) electrons. The number of benzene rings is 1. The van der Waals surface area contributed by atoms with Gasteiger partial charge in [-0.25, -0.2) is 0 Å². The summed E-state index contributed by atoms with van der Waals surface area (Å²) in [6, 6.07) is 14.0. The van der Waals surface area contributed by atoms with Crippen molar-refractivity contribution in [3.05, 3.63) is 54.4 Å². The van der Waals surface area contributed by atoms with Crippen LogP contribution in [0.3, 0.4) is 0 Å². The van der Waals surface area contributed by atoms with Gasteiger partial charge in [-0.2, -0.15) is 5.10 Å². The van der Waals surface area contributed by atoms with E-state index in [0.717, 1.165) is 27.1 Å². The molecule has 3 N–H and O–H groups in total. The highest BCUT2D eigenvalue weighted by atomic mass is 32.2. The van der Waals surface area contributed by atoms with Crippen molar-refractivity contribution in [3.8, 4) is 5.82 Å². The summed E-state index contributed by atoms with van der Waals surface area (Å²) in [6.45, 7) is 1.99. The summed E-state index contributed by atoms with van der Waals surface area (Å²) in [5.74, 6) is 0.903. The maximum absolute atomic E-state index is 5.70. The third-order valence-corrected chi connectivity index (χ3v) is 3.80. The first-order chi connectivity index (χ1) is 9.22. The average Bonchev–Trinajstić information content (AvgIpc) is 3.01. The van der Waals surface area contributed by atoms with Crippen molar-refractivity contribution in [2.45, 2.75) is 16.8 Å². The quantitative estimate of drug-likeness (QED) is 0.718. The number of nitrogens with one attached hydrogen (secondary N) is 1. The van der Waals surface area contributed by atoms with Gasteiger partial charge in [-0.05, 0) is 43.3 Å². The standard InChI is InChI=1S/C14H14N4S/c1-10-9-13(17-16-10)18-8-2-3-14(18)19-12-6-4-11(15)5-7-12/h2-9H,15H2,1H3,(H,16,17). The van der Waals surface area contributed by atoms with E-state index in [9.17, 15) is 0 Å². The maximum Gasteiger partial charge on any atom is 0.159 e. The molecule has 0 spiro atoms. The lowest BCUT2D eigenvalue weighted by Crippen LogP contribution is -1.94. The van der Waals surface area contributed by atoms with Gasteiger partial charge in [-0.15, -0.1) is 0 Å². The van der Waals surface area contributed by atoms with Crippen LogP contribution in [-0.4, -0.2) is 14.8 Å². The van der Waals surface area contributed by atoms with Crippen LogP contribution < -0.4 is 5.73 Å². The molecule has 0 atom stereocenters. The molecule has 0 aliphatic heterocycles. The SMILES string of the molecule is Cc1cc(-n2cccc2Sc2ccc(N)cc2)n[nH]1. The molecule has 2 aromatic heterocycles. The van der Waals surface area contributed by atoms with Crippen molar-refractivity contribution in [1.82, 2.24) is 14.8 Å². The fourth-order valence-electron chi connectivity index (χ4n) is 1.82. The lowest BCUT2D eigenvalue weighted by atomic mass is 10.3. The highest BCUT2D eigenvalue weighted by Crippen LogP contribution is 2.30. The highest BCUT2D eigenvalue weighted by Gasteiger charge is 2.07. The number of aromatic amines is 1. The van der Waals surface area contributed by atoms with Crippen molar-refractivity contribution >= 4 is 17.4 Å². The first-order valence-electron chi connectivity index (χ1n) is 5.95. The molecule has 0 saturated heterocycles. The topological polar surface area (TPSA) is 59.6 Å². The van der Waals surface area contributed by atoms with Gasteiger partial charge < -0.3 is 5.73 Å². The number of anilines is 1. The first-order valence-corrected chi connectivity index (χ1v) is 6.77. The third kappa shape index (κ3) is 2.51. The second-order valence-corrected chi connectivity index (χ2v) is 5.39. The molecule has 0 unspecified atom stereocenters. The summed E-state index contributed by atoms with van der Waals surface area (Å²) in [7, 11) is 0. The second-order valence-electron chi connectivity index (χ2n) is 4.30. The minimum absolute atomic E-state index is 0.780. The molecule has 0 amide bonds. The number of nitrogen functional groups attached to an aromatic ring is 1. The normalized spacial score (nSPS) is 10.8. The van der Waals surface area contributed by atoms with Gasteiger partial charge in [0.1, 0.15) is 0 Å². The number of hydrogen-bond donors (Lipinski definition) is 2. The molecule has 0 saturated carbocycles. The van der Waals surface area contributed by atoms with Crippen LogP contribution >= 0.6 is 11.8 Å². The fraction of sp³-hybridized carbons (Fsp3) is 0.0714. The Balaban J connectivity index is 1.90. The van der Waals surface area contributed by atoms with E-state index in [2.05, 4.69) is 20.8 Å².